The maximum atomic E-state index is 13.5. The standard InChI is InChI=1S/C24H30FN5O2.C2H4O/c1-14-10-16(4-9-19(14)25)13-27-24(31)22-11-20(28-15(2)29-22)21-12-23(32-30-21)17-5-7-18(26-3)8-6-17;1-2-3/h4,9-11,17-18,23,26H,5-8,12-13H2,1-3H3,(H,27,31);2H,1H3. The van der Waals surface area contributed by atoms with Crippen LogP contribution in [0.1, 0.15) is 72.2 Å². The maximum absolute atomic E-state index is 13.5. The van der Waals surface area contributed by atoms with E-state index in [-0.39, 0.29) is 23.5 Å². The van der Waals surface area contributed by atoms with Crippen LogP contribution in [0.3, 0.4) is 0 Å². The zero-order valence-electron chi connectivity index (χ0n) is 20.8. The van der Waals surface area contributed by atoms with E-state index in [9.17, 15) is 9.18 Å². The van der Waals surface area contributed by atoms with Crippen molar-refractivity contribution in [2.75, 3.05) is 7.05 Å². The van der Waals surface area contributed by atoms with Gasteiger partial charge >= 0.3 is 0 Å². The Balaban J connectivity index is 0.00000108. The minimum absolute atomic E-state index is 0.0667. The number of aryl methyl sites for hydroxylation is 2. The highest BCUT2D eigenvalue weighted by atomic mass is 19.1. The highest BCUT2D eigenvalue weighted by Crippen LogP contribution is 2.33. The molecule has 1 unspecified atom stereocenters. The fourth-order valence-corrected chi connectivity index (χ4v) is 4.50. The second-order valence-corrected chi connectivity index (χ2v) is 8.97. The molecule has 1 aliphatic carbocycles. The monoisotopic (exact) mass is 483 g/mol. The molecule has 1 saturated carbocycles. The molecule has 2 aliphatic rings. The Morgan fingerprint density at radius 2 is 1.89 bits per heavy atom. The van der Waals surface area contributed by atoms with Crippen LogP contribution in [-0.4, -0.2) is 47.1 Å². The van der Waals surface area contributed by atoms with Gasteiger partial charge in [-0.1, -0.05) is 17.3 Å². The lowest BCUT2D eigenvalue weighted by molar-refractivity contribution is -0.106. The van der Waals surface area contributed by atoms with Crippen molar-refractivity contribution in [1.29, 1.82) is 0 Å². The summed E-state index contributed by atoms with van der Waals surface area (Å²) in [6.45, 7) is 5.20. The van der Waals surface area contributed by atoms with Crippen LogP contribution in [0.2, 0.25) is 0 Å². The number of hydrogen-bond donors (Lipinski definition) is 2. The maximum Gasteiger partial charge on any atom is 0.270 e. The van der Waals surface area contributed by atoms with Crippen molar-refractivity contribution in [3.63, 3.8) is 0 Å². The molecule has 8 nitrogen and oxygen atoms in total. The number of aldehydes is 1. The molecular weight excluding hydrogens is 449 g/mol. The summed E-state index contributed by atoms with van der Waals surface area (Å²) >= 11 is 0. The van der Waals surface area contributed by atoms with E-state index < -0.39 is 0 Å². The zero-order chi connectivity index (χ0) is 25.4. The Labute approximate surface area is 205 Å². The highest BCUT2D eigenvalue weighted by molar-refractivity contribution is 6.01. The van der Waals surface area contributed by atoms with E-state index in [1.54, 1.807) is 32.0 Å². The molecule has 2 aromatic rings. The molecule has 1 amide bonds. The van der Waals surface area contributed by atoms with Crippen LogP contribution in [0.15, 0.2) is 29.4 Å². The van der Waals surface area contributed by atoms with Gasteiger partial charge in [0.25, 0.3) is 5.91 Å². The van der Waals surface area contributed by atoms with Crippen molar-refractivity contribution in [2.45, 2.75) is 71.6 Å². The molecule has 2 heterocycles. The van der Waals surface area contributed by atoms with Crippen molar-refractivity contribution in [3.8, 4) is 0 Å². The molecule has 1 aliphatic heterocycles. The number of rotatable bonds is 6. The second kappa shape index (κ2) is 12.5. The number of aromatic nitrogens is 2. The summed E-state index contributed by atoms with van der Waals surface area (Å²) in [4.78, 5) is 36.1. The Hall–Kier alpha value is -3.20. The predicted molar refractivity (Wildman–Crippen MR) is 132 cm³/mol. The van der Waals surface area contributed by atoms with Gasteiger partial charge in [-0.15, -0.1) is 0 Å². The normalized spacial score (nSPS) is 21.3. The Kier molecular flexibility index (Phi) is 9.42. The zero-order valence-corrected chi connectivity index (χ0v) is 20.8. The summed E-state index contributed by atoms with van der Waals surface area (Å²) in [5.41, 5.74) is 3.05. The van der Waals surface area contributed by atoms with E-state index >= 15 is 0 Å². The van der Waals surface area contributed by atoms with Gasteiger partial charge in [0, 0.05) is 19.0 Å². The lowest BCUT2D eigenvalue weighted by Gasteiger charge is -2.30. The molecule has 1 aromatic carbocycles. The molecule has 0 spiro atoms. The van der Waals surface area contributed by atoms with Gasteiger partial charge in [-0.25, -0.2) is 14.4 Å². The molecule has 2 N–H and O–H groups in total. The van der Waals surface area contributed by atoms with Crippen LogP contribution in [0.5, 0.6) is 0 Å². The Morgan fingerprint density at radius 3 is 2.54 bits per heavy atom. The Morgan fingerprint density at radius 1 is 1.17 bits per heavy atom. The number of amides is 1. The third kappa shape index (κ3) is 7.14. The summed E-state index contributed by atoms with van der Waals surface area (Å²) < 4.78 is 13.5. The molecule has 188 valence electrons. The number of nitrogens with zero attached hydrogens (tertiary/aromatic N) is 3. The first-order valence-electron chi connectivity index (χ1n) is 12.0. The number of oxime groups is 1. The molecule has 0 radical (unpaired) electrons. The van der Waals surface area contributed by atoms with Crippen molar-refractivity contribution in [1.82, 2.24) is 20.6 Å². The first kappa shape index (κ1) is 26.4. The van der Waals surface area contributed by atoms with Gasteiger partial charge in [-0.05, 0) is 82.7 Å². The highest BCUT2D eigenvalue weighted by Gasteiger charge is 2.33. The van der Waals surface area contributed by atoms with E-state index in [1.165, 1.54) is 13.0 Å². The minimum atomic E-state index is -0.305. The van der Waals surface area contributed by atoms with Gasteiger partial charge in [0.05, 0.1) is 5.69 Å². The van der Waals surface area contributed by atoms with Gasteiger partial charge in [0.1, 0.15) is 35.4 Å². The number of nitrogens with one attached hydrogen (secondary N) is 2. The third-order valence-corrected chi connectivity index (χ3v) is 6.44. The smallest absolute Gasteiger partial charge is 0.270 e. The van der Waals surface area contributed by atoms with Crippen molar-refractivity contribution in [2.24, 2.45) is 11.1 Å². The fraction of sp³-hybridized carbons (Fsp3) is 0.500. The number of carbonyl (C=O) groups is 2. The molecule has 35 heavy (non-hydrogen) atoms. The fourth-order valence-electron chi connectivity index (χ4n) is 4.50. The molecule has 1 aromatic heterocycles. The second-order valence-electron chi connectivity index (χ2n) is 8.97. The largest absolute Gasteiger partial charge is 0.391 e. The van der Waals surface area contributed by atoms with Crippen molar-refractivity contribution < 1.29 is 18.8 Å². The molecule has 4 rings (SSSR count). The summed E-state index contributed by atoms with van der Waals surface area (Å²) in [5, 5.41) is 10.5. The summed E-state index contributed by atoms with van der Waals surface area (Å²) in [5.74, 6) is 0.431. The van der Waals surface area contributed by atoms with Gasteiger partial charge < -0.3 is 20.3 Å². The lowest BCUT2D eigenvalue weighted by atomic mass is 9.81. The molecule has 0 bridgehead atoms. The van der Waals surface area contributed by atoms with E-state index in [1.807, 2.05) is 7.05 Å². The average Bonchev–Trinajstić information content (AvgIpc) is 3.35. The molecule has 1 fully saturated rings. The van der Waals surface area contributed by atoms with Gasteiger partial charge in [0.15, 0.2) is 0 Å². The first-order chi connectivity index (χ1) is 16.8. The number of halogens is 1. The van der Waals surface area contributed by atoms with Crippen molar-refractivity contribution in [3.05, 3.63) is 58.4 Å². The van der Waals surface area contributed by atoms with Crippen LogP contribution >= 0.6 is 0 Å². The van der Waals surface area contributed by atoms with Crippen molar-refractivity contribution >= 4 is 17.9 Å². The van der Waals surface area contributed by atoms with Crippen LogP contribution in [0.4, 0.5) is 4.39 Å². The molecule has 9 heteroatoms. The van der Waals surface area contributed by atoms with Gasteiger partial charge in [-0.3, -0.25) is 4.79 Å². The Bertz CT molecular complexity index is 1070. The first-order valence-corrected chi connectivity index (χ1v) is 12.0. The van der Waals surface area contributed by atoms with Crippen LogP contribution in [-0.2, 0) is 16.2 Å². The average molecular weight is 484 g/mol. The molecule has 0 saturated heterocycles. The van der Waals surface area contributed by atoms with E-state index in [0.717, 1.165) is 43.2 Å². The quantitative estimate of drug-likeness (QED) is 0.608. The number of carbonyl (C=O) groups excluding carboxylic acids is 2. The number of hydrogen-bond acceptors (Lipinski definition) is 7. The molecular formula is C26H34FN5O3. The van der Waals surface area contributed by atoms with Gasteiger partial charge in [0.2, 0.25) is 0 Å². The summed E-state index contributed by atoms with van der Waals surface area (Å²) in [6, 6.07) is 7.05. The predicted octanol–water partition coefficient (Wildman–Crippen LogP) is 3.64. The summed E-state index contributed by atoms with van der Waals surface area (Å²) in [6.07, 6.45) is 6.07. The van der Waals surface area contributed by atoms with Crippen LogP contribution in [0.25, 0.3) is 0 Å². The SMILES string of the molecule is CC=O.CNC1CCC(C2CC(c3cc(C(=O)NCc4ccc(F)c(C)c4)nc(C)n3)=NO2)CC1. The number of benzene rings is 1. The summed E-state index contributed by atoms with van der Waals surface area (Å²) in [7, 11) is 2.02. The topological polar surface area (TPSA) is 106 Å². The molecule has 1 atom stereocenters. The minimum Gasteiger partial charge on any atom is -0.391 e. The van der Waals surface area contributed by atoms with Gasteiger partial charge in [-0.2, -0.15) is 0 Å². The van der Waals surface area contributed by atoms with E-state index in [2.05, 4.69) is 25.8 Å². The van der Waals surface area contributed by atoms with E-state index in [0.29, 0.717) is 42.0 Å². The van der Waals surface area contributed by atoms with Crippen LogP contribution in [0, 0.1) is 25.6 Å². The van der Waals surface area contributed by atoms with Crippen LogP contribution < -0.4 is 10.6 Å². The lowest BCUT2D eigenvalue weighted by Crippen LogP contribution is -2.34. The van der Waals surface area contributed by atoms with E-state index in [4.69, 9.17) is 9.63 Å². The third-order valence-electron chi connectivity index (χ3n) is 6.44.